The molecule has 0 amide bonds. The SMILES string of the molecule is CCOC(=O)Cn1c(C)cc(S(=O)(=O)CC2CC2)c(N)c1=O. The van der Waals surface area contributed by atoms with Gasteiger partial charge in [0.05, 0.1) is 17.3 Å². The van der Waals surface area contributed by atoms with Gasteiger partial charge in [-0.1, -0.05) is 0 Å². The zero-order valence-electron chi connectivity index (χ0n) is 12.7. The molecule has 0 aromatic carbocycles. The van der Waals surface area contributed by atoms with Crippen molar-refractivity contribution in [1.82, 2.24) is 4.57 Å². The number of rotatable bonds is 6. The first kappa shape index (κ1) is 16.5. The number of nitrogens with two attached hydrogens (primary N) is 1. The van der Waals surface area contributed by atoms with Crippen LogP contribution in [0.5, 0.6) is 0 Å². The van der Waals surface area contributed by atoms with Crippen molar-refractivity contribution in [3.8, 4) is 0 Å². The lowest BCUT2D eigenvalue weighted by molar-refractivity contribution is -0.143. The molecule has 1 aliphatic rings. The Labute approximate surface area is 129 Å². The summed E-state index contributed by atoms with van der Waals surface area (Å²) in [4.78, 5) is 23.6. The van der Waals surface area contributed by atoms with Gasteiger partial charge in [-0.25, -0.2) is 8.42 Å². The van der Waals surface area contributed by atoms with Gasteiger partial charge in [0.15, 0.2) is 9.84 Å². The van der Waals surface area contributed by atoms with E-state index in [-0.39, 0.29) is 35.4 Å². The fourth-order valence-corrected chi connectivity index (χ4v) is 4.14. The van der Waals surface area contributed by atoms with Crippen molar-refractivity contribution >= 4 is 21.5 Å². The van der Waals surface area contributed by atoms with Crippen LogP contribution in [0.25, 0.3) is 0 Å². The molecule has 1 saturated carbocycles. The Morgan fingerprint density at radius 3 is 2.64 bits per heavy atom. The quantitative estimate of drug-likeness (QED) is 0.761. The molecule has 1 fully saturated rings. The average Bonchev–Trinajstić information content (AvgIpc) is 3.22. The molecule has 1 heterocycles. The summed E-state index contributed by atoms with van der Waals surface area (Å²) < 4.78 is 30.6. The molecule has 8 heteroatoms. The maximum absolute atomic E-state index is 12.3. The monoisotopic (exact) mass is 328 g/mol. The highest BCUT2D eigenvalue weighted by Gasteiger charge is 2.31. The van der Waals surface area contributed by atoms with E-state index in [1.54, 1.807) is 13.8 Å². The van der Waals surface area contributed by atoms with Crippen molar-refractivity contribution in [2.24, 2.45) is 5.92 Å². The van der Waals surface area contributed by atoms with E-state index in [9.17, 15) is 18.0 Å². The van der Waals surface area contributed by atoms with Crippen molar-refractivity contribution in [1.29, 1.82) is 0 Å². The molecule has 0 atom stereocenters. The Hall–Kier alpha value is -1.83. The average molecular weight is 328 g/mol. The van der Waals surface area contributed by atoms with Crippen LogP contribution in [0.1, 0.15) is 25.5 Å². The maximum atomic E-state index is 12.3. The van der Waals surface area contributed by atoms with Crippen LogP contribution in [-0.2, 0) is 25.9 Å². The predicted octanol–water partition coefficient (Wildman–Crippen LogP) is 0.486. The summed E-state index contributed by atoms with van der Waals surface area (Å²) in [6.45, 7) is 3.15. The van der Waals surface area contributed by atoms with Crippen molar-refractivity contribution in [2.45, 2.75) is 38.1 Å². The standard InChI is InChI=1S/C14H20N2O5S/c1-3-21-12(17)7-16-9(2)6-11(13(15)14(16)18)22(19,20)8-10-4-5-10/h6,10H,3-5,7-8,15H2,1-2H3. The molecule has 0 saturated heterocycles. The topological polar surface area (TPSA) is 108 Å². The highest BCUT2D eigenvalue weighted by molar-refractivity contribution is 7.91. The van der Waals surface area contributed by atoms with Gasteiger partial charge in [0.1, 0.15) is 12.2 Å². The lowest BCUT2D eigenvalue weighted by Crippen LogP contribution is -2.31. The molecular formula is C14H20N2O5S. The summed E-state index contributed by atoms with van der Waals surface area (Å²) in [5.41, 5.74) is 5.07. The number of nitrogens with zero attached hydrogens (tertiary/aromatic N) is 1. The summed E-state index contributed by atoms with van der Waals surface area (Å²) in [7, 11) is -3.58. The Morgan fingerprint density at radius 2 is 2.09 bits per heavy atom. The molecule has 1 aromatic rings. The Kier molecular flexibility index (Phi) is 4.60. The smallest absolute Gasteiger partial charge is 0.326 e. The summed E-state index contributed by atoms with van der Waals surface area (Å²) in [6.07, 6.45) is 1.77. The van der Waals surface area contributed by atoms with Crippen molar-refractivity contribution in [2.75, 3.05) is 18.1 Å². The largest absolute Gasteiger partial charge is 0.465 e. The van der Waals surface area contributed by atoms with Gasteiger partial charge in [-0.3, -0.25) is 14.2 Å². The Bertz CT molecular complexity index is 747. The number of aryl methyl sites for hydroxylation is 1. The number of nitrogen functional groups attached to an aromatic ring is 1. The first-order valence-corrected chi connectivity index (χ1v) is 8.79. The van der Waals surface area contributed by atoms with Crippen LogP contribution in [0.2, 0.25) is 0 Å². The highest BCUT2D eigenvalue weighted by Crippen LogP contribution is 2.33. The first-order chi connectivity index (χ1) is 10.3. The van der Waals surface area contributed by atoms with Crippen LogP contribution in [0.15, 0.2) is 15.8 Å². The number of carbonyl (C=O) groups is 1. The zero-order valence-corrected chi connectivity index (χ0v) is 13.5. The summed E-state index contributed by atoms with van der Waals surface area (Å²) in [5.74, 6) is -0.398. The number of anilines is 1. The predicted molar refractivity (Wildman–Crippen MR) is 81.3 cm³/mol. The minimum Gasteiger partial charge on any atom is -0.465 e. The third kappa shape index (κ3) is 3.49. The van der Waals surface area contributed by atoms with Gasteiger partial charge in [0.25, 0.3) is 5.56 Å². The van der Waals surface area contributed by atoms with Crippen LogP contribution >= 0.6 is 0 Å². The molecule has 2 rings (SSSR count). The summed E-state index contributed by atoms with van der Waals surface area (Å²) >= 11 is 0. The Balaban J connectivity index is 2.40. The molecule has 122 valence electrons. The van der Waals surface area contributed by atoms with E-state index in [2.05, 4.69) is 0 Å². The van der Waals surface area contributed by atoms with Crippen LogP contribution in [-0.4, -0.2) is 31.3 Å². The van der Waals surface area contributed by atoms with E-state index in [1.165, 1.54) is 6.07 Å². The number of carbonyl (C=O) groups excluding carboxylic acids is 1. The highest BCUT2D eigenvalue weighted by atomic mass is 32.2. The maximum Gasteiger partial charge on any atom is 0.326 e. The molecule has 7 nitrogen and oxygen atoms in total. The molecule has 0 aliphatic heterocycles. The van der Waals surface area contributed by atoms with E-state index >= 15 is 0 Å². The van der Waals surface area contributed by atoms with Crippen LogP contribution in [0, 0.1) is 12.8 Å². The van der Waals surface area contributed by atoms with E-state index in [1.807, 2.05) is 0 Å². The molecule has 0 radical (unpaired) electrons. The number of ether oxygens (including phenoxy) is 1. The van der Waals surface area contributed by atoms with Gasteiger partial charge < -0.3 is 10.5 Å². The second-order valence-corrected chi connectivity index (χ2v) is 7.49. The minimum atomic E-state index is -3.58. The van der Waals surface area contributed by atoms with Crippen LogP contribution in [0.3, 0.4) is 0 Å². The normalized spacial score (nSPS) is 14.8. The van der Waals surface area contributed by atoms with Gasteiger partial charge in [-0.15, -0.1) is 0 Å². The fraction of sp³-hybridized carbons (Fsp3) is 0.571. The van der Waals surface area contributed by atoms with Crippen molar-refractivity contribution in [3.63, 3.8) is 0 Å². The van der Waals surface area contributed by atoms with E-state index < -0.39 is 21.4 Å². The van der Waals surface area contributed by atoms with Gasteiger partial charge in [0.2, 0.25) is 0 Å². The van der Waals surface area contributed by atoms with Crippen LogP contribution in [0.4, 0.5) is 5.69 Å². The third-order valence-corrected chi connectivity index (χ3v) is 5.50. The third-order valence-electron chi connectivity index (χ3n) is 3.59. The molecular weight excluding hydrogens is 308 g/mol. The van der Waals surface area contributed by atoms with Crippen molar-refractivity contribution < 1.29 is 17.9 Å². The second kappa shape index (κ2) is 6.12. The first-order valence-electron chi connectivity index (χ1n) is 7.14. The number of hydrogen-bond donors (Lipinski definition) is 1. The van der Waals surface area contributed by atoms with E-state index in [0.717, 1.165) is 17.4 Å². The summed E-state index contributed by atoms with van der Waals surface area (Å²) in [5, 5.41) is 0. The van der Waals surface area contributed by atoms with Gasteiger partial charge in [-0.05, 0) is 38.7 Å². The second-order valence-electron chi connectivity index (χ2n) is 5.48. The minimum absolute atomic E-state index is 0.0119. The number of sulfone groups is 1. The number of pyridine rings is 1. The van der Waals surface area contributed by atoms with E-state index in [0.29, 0.717) is 5.69 Å². The molecule has 2 N–H and O–H groups in total. The molecule has 1 aliphatic carbocycles. The molecule has 0 spiro atoms. The lowest BCUT2D eigenvalue weighted by Gasteiger charge is -2.14. The number of aromatic nitrogens is 1. The van der Waals surface area contributed by atoms with Crippen molar-refractivity contribution in [3.05, 3.63) is 22.1 Å². The van der Waals surface area contributed by atoms with E-state index in [4.69, 9.17) is 10.5 Å². The molecule has 0 unspecified atom stereocenters. The van der Waals surface area contributed by atoms with Gasteiger partial charge >= 0.3 is 5.97 Å². The fourth-order valence-electron chi connectivity index (χ4n) is 2.23. The summed E-state index contributed by atoms with van der Waals surface area (Å²) in [6, 6.07) is 1.35. The molecule has 1 aromatic heterocycles. The molecule has 0 bridgehead atoms. The van der Waals surface area contributed by atoms with Gasteiger partial charge in [0, 0.05) is 5.69 Å². The Morgan fingerprint density at radius 1 is 1.45 bits per heavy atom. The number of esters is 1. The zero-order chi connectivity index (χ0) is 16.5. The molecule has 22 heavy (non-hydrogen) atoms. The van der Waals surface area contributed by atoms with Crippen LogP contribution < -0.4 is 11.3 Å². The van der Waals surface area contributed by atoms with Gasteiger partial charge in [-0.2, -0.15) is 0 Å². The lowest BCUT2D eigenvalue weighted by atomic mass is 10.3. The number of hydrogen-bond acceptors (Lipinski definition) is 6.